The first-order valence-corrected chi connectivity index (χ1v) is 8.65. The molecular formula is C17H28N4O3. The molecule has 134 valence electrons. The van der Waals surface area contributed by atoms with Gasteiger partial charge in [-0.05, 0) is 27.7 Å². The van der Waals surface area contributed by atoms with Gasteiger partial charge < -0.3 is 14.8 Å². The van der Waals surface area contributed by atoms with Crippen molar-refractivity contribution >= 4 is 11.7 Å². The second-order valence-electron chi connectivity index (χ2n) is 7.69. The quantitative estimate of drug-likeness (QED) is 0.910. The summed E-state index contributed by atoms with van der Waals surface area (Å²) < 4.78 is 13.3. The lowest BCUT2D eigenvalue weighted by Gasteiger charge is -2.37. The second kappa shape index (κ2) is 6.46. The number of piperidine rings is 1. The maximum atomic E-state index is 12.4. The van der Waals surface area contributed by atoms with Crippen molar-refractivity contribution < 1.29 is 14.3 Å². The molecule has 7 heteroatoms. The molecule has 2 saturated heterocycles. The number of hydrogen-bond acceptors (Lipinski definition) is 5. The molecule has 7 nitrogen and oxygen atoms in total. The molecule has 24 heavy (non-hydrogen) atoms. The van der Waals surface area contributed by atoms with Gasteiger partial charge in [-0.25, -0.2) is 4.68 Å². The van der Waals surface area contributed by atoms with Gasteiger partial charge in [0.15, 0.2) is 5.79 Å². The fourth-order valence-corrected chi connectivity index (χ4v) is 3.32. The van der Waals surface area contributed by atoms with Crippen LogP contribution in [0.15, 0.2) is 6.07 Å². The zero-order valence-corrected chi connectivity index (χ0v) is 15.1. The molecule has 3 heterocycles. The van der Waals surface area contributed by atoms with Crippen molar-refractivity contribution in [1.29, 1.82) is 0 Å². The van der Waals surface area contributed by atoms with Crippen LogP contribution < -0.4 is 5.32 Å². The number of aromatic nitrogens is 2. The summed E-state index contributed by atoms with van der Waals surface area (Å²) in [6.45, 7) is 11.5. The maximum absolute atomic E-state index is 12.4. The van der Waals surface area contributed by atoms with Crippen molar-refractivity contribution in [3.8, 4) is 0 Å². The number of nitrogens with one attached hydrogen (secondary N) is 1. The Morgan fingerprint density at radius 2 is 1.92 bits per heavy atom. The molecule has 1 aromatic heterocycles. The molecule has 0 bridgehead atoms. The van der Waals surface area contributed by atoms with Crippen LogP contribution >= 0.6 is 0 Å². The highest BCUT2D eigenvalue weighted by atomic mass is 16.7. The summed E-state index contributed by atoms with van der Waals surface area (Å²) in [7, 11) is 0. The summed E-state index contributed by atoms with van der Waals surface area (Å²) >= 11 is 0. The van der Waals surface area contributed by atoms with E-state index in [-0.39, 0.29) is 11.4 Å². The van der Waals surface area contributed by atoms with Crippen LogP contribution in [0, 0.1) is 6.92 Å². The van der Waals surface area contributed by atoms with E-state index in [4.69, 9.17) is 9.47 Å². The molecule has 0 aromatic carbocycles. The summed E-state index contributed by atoms with van der Waals surface area (Å²) in [5.41, 5.74) is 0.724. The molecule has 1 amide bonds. The molecule has 2 aliphatic heterocycles. The minimum absolute atomic E-state index is 0.00962. The molecule has 1 spiro atoms. The van der Waals surface area contributed by atoms with E-state index in [1.165, 1.54) is 0 Å². The monoisotopic (exact) mass is 336 g/mol. The largest absolute Gasteiger partial charge is 0.347 e. The number of anilines is 1. The van der Waals surface area contributed by atoms with Crippen LogP contribution in [0.25, 0.3) is 0 Å². The number of hydrogen-bond donors (Lipinski definition) is 1. The fraction of sp³-hybridized carbons (Fsp3) is 0.765. The van der Waals surface area contributed by atoms with Gasteiger partial charge in [0.05, 0.1) is 31.0 Å². The minimum atomic E-state index is -0.394. The van der Waals surface area contributed by atoms with E-state index in [1.807, 2.05) is 17.7 Å². The Hall–Kier alpha value is -1.44. The molecule has 1 aromatic rings. The number of aryl methyl sites for hydroxylation is 1. The van der Waals surface area contributed by atoms with Crippen LogP contribution in [-0.4, -0.2) is 59.2 Å². The molecule has 1 N–H and O–H groups in total. The molecule has 0 unspecified atom stereocenters. The summed E-state index contributed by atoms with van der Waals surface area (Å²) in [6.07, 6.45) is 1.64. The lowest BCUT2D eigenvalue weighted by atomic mass is 10.0. The summed E-state index contributed by atoms with van der Waals surface area (Å²) in [6, 6.07) is 1.91. The first kappa shape index (κ1) is 17.4. The zero-order valence-electron chi connectivity index (χ0n) is 15.1. The molecule has 0 aliphatic carbocycles. The average molecular weight is 336 g/mol. The Kier molecular flexibility index (Phi) is 4.68. The number of amides is 1. The van der Waals surface area contributed by atoms with E-state index < -0.39 is 5.79 Å². The third-order valence-electron chi connectivity index (χ3n) is 4.53. The van der Waals surface area contributed by atoms with Crippen molar-refractivity contribution in [2.24, 2.45) is 0 Å². The smallest absolute Gasteiger partial charge is 0.239 e. The Labute approximate surface area is 143 Å². The number of ether oxygens (including phenoxy) is 2. The van der Waals surface area contributed by atoms with Gasteiger partial charge in [0.25, 0.3) is 0 Å². The first-order valence-electron chi connectivity index (χ1n) is 8.65. The van der Waals surface area contributed by atoms with Gasteiger partial charge in [0.1, 0.15) is 5.82 Å². The van der Waals surface area contributed by atoms with Crippen molar-refractivity contribution in [3.63, 3.8) is 0 Å². The van der Waals surface area contributed by atoms with E-state index in [2.05, 4.69) is 36.1 Å². The SMILES string of the molecule is Cc1cc(NC(=O)CN2CCC3(CC2)OCCO3)n(C(C)(C)C)n1. The van der Waals surface area contributed by atoms with E-state index >= 15 is 0 Å². The van der Waals surface area contributed by atoms with Gasteiger partial charge >= 0.3 is 0 Å². The fourth-order valence-electron chi connectivity index (χ4n) is 3.32. The topological polar surface area (TPSA) is 68.6 Å². The van der Waals surface area contributed by atoms with Crippen molar-refractivity contribution in [3.05, 3.63) is 11.8 Å². The molecule has 2 aliphatic rings. The van der Waals surface area contributed by atoms with Crippen molar-refractivity contribution in [2.75, 3.05) is 38.2 Å². The Morgan fingerprint density at radius 1 is 1.29 bits per heavy atom. The van der Waals surface area contributed by atoms with Crippen LogP contribution in [0.4, 0.5) is 5.82 Å². The maximum Gasteiger partial charge on any atom is 0.239 e. The molecule has 0 radical (unpaired) electrons. The normalized spacial score (nSPS) is 21.3. The Balaban J connectivity index is 1.55. The van der Waals surface area contributed by atoms with Crippen molar-refractivity contribution in [2.45, 2.75) is 51.9 Å². The van der Waals surface area contributed by atoms with Crippen LogP contribution in [0.2, 0.25) is 0 Å². The first-order chi connectivity index (χ1) is 11.3. The van der Waals surface area contributed by atoms with Crippen LogP contribution in [0.3, 0.4) is 0 Å². The predicted molar refractivity (Wildman–Crippen MR) is 90.9 cm³/mol. The minimum Gasteiger partial charge on any atom is -0.347 e. The van der Waals surface area contributed by atoms with Crippen LogP contribution in [0.5, 0.6) is 0 Å². The highest BCUT2D eigenvalue weighted by Crippen LogP contribution is 2.31. The molecular weight excluding hydrogens is 308 g/mol. The Bertz CT molecular complexity index is 589. The summed E-state index contributed by atoms with van der Waals surface area (Å²) in [4.78, 5) is 14.6. The third-order valence-corrected chi connectivity index (χ3v) is 4.53. The van der Waals surface area contributed by atoms with Gasteiger partial charge in [-0.2, -0.15) is 5.10 Å². The van der Waals surface area contributed by atoms with Gasteiger partial charge in [0.2, 0.25) is 5.91 Å². The van der Waals surface area contributed by atoms with E-state index in [0.717, 1.165) is 37.4 Å². The molecule has 2 fully saturated rings. The zero-order chi connectivity index (χ0) is 17.4. The molecule has 0 saturated carbocycles. The second-order valence-corrected chi connectivity index (χ2v) is 7.69. The van der Waals surface area contributed by atoms with E-state index in [9.17, 15) is 4.79 Å². The van der Waals surface area contributed by atoms with Crippen LogP contribution in [0.1, 0.15) is 39.3 Å². The van der Waals surface area contributed by atoms with E-state index in [1.54, 1.807) is 0 Å². The number of nitrogens with zero attached hydrogens (tertiary/aromatic N) is 3. The van der Waals surface area contributed by atoms with Gasteiger partial charge in [-0.1, -0.05) is 0 Å². The number of carbonyl (C=O) groups is 1. The van der Waals surface area contributed by atoms with Gasteiger partial charge in [-0.15, -0.1) is 0 Å². The lowest BCUT2D eigenvalue weighted by Crippen LogP contribution is -2.47. The Morgan fingerprint density at radius 3 is 2.50 bits per heavy atom. The van der Waals surface area contributed by atoms with Gasteiger partial charge in [-0.3, -0.25) is 9.69 Å². The highest BCUT2D eigenvalue weighted by molar-refractivity contribution is 5.91. The number of rotatable bonds is 3. The van der Waals surface area contributed by atoms with Crippen molar-refractivity contribution in [1.82, 2.24) is 14.7 Å². The third kappa shape index (κ3) is 3.79. The number of carbonyl (C=O) groups excluding carboxylic acids is 1. The molecule has 3 rings (SSSR count). The standard InChI is InChI=1S/C17H28N4O3/c1-13-11-14(21(19-13)16(2,3)4)18-15(22)12-20-7-5-17(6-8-20)23-9-10-24-17/h11H,5-10,12H2,1-4H3,(H,18,22). The van der Waals surface area contributed by atoms with E-state index in [0.29, 0.717) is 19.8 Å². The van der Waals surface area contributed by atoms with Gasteiger partial charge in [0, 0.05) is 32.0 Å². The number of likely N-dealkylation sites (tertiary alicyclic amines) is 1. The highest BCUT2D eigenvalue weighted by Gasteiger charge is 2.40. The van der Waals surface area contributed by atoms with Crippen LogP contribution in [-0.2, 0) is 19.8 Å². The summed E-state index contributed by atoms with van der Waals surface area (Å²) in [5, 5.41) is 7.49. The average Bonchev–Trinajstić information content (AvgIpc) is 3.08. The molecule has 0 atom stereocenters. The summed E-state index contributed by atoms with van der Waals surface area (Å²) in [5.74, 6) is 0.347. The lowest BCUT2D eigenvalue weighted by molar-refractivity contribution is -0.185. The predicted octanol–water partition coefficient (Wildman–Crippen LogP) is 1.72.